The fourth-order valence-electron chi connectivity index (χ4n) is 3.10. The number of benzene rings is 1. The highest BCUT2D eigenvalue weighted by Crippen LogP contribution is 2.27. The molecular formula is C19H25N3OS2. The number of nitrogens with zero attached hydrogens (tertiary/aromatic N) is 2. The van der Waals surface area contributed by atoms with Gasteiger partial charge in [0, 0.05) is 40.9 Å². The molecule has 1 fully saturated rings. The quantitative estimate of drug-likeness (QED) is 0.744. The first-order chi connectivity index (χ1) is 12.1. The summed E-state index contributed by atoms with van der Waals surface area (Å²) in [5, 5.41) is 6.74. The average Bonchev–Trinajstić information content (AvgIpc) is 3.25. The summed E-state index contributed by atoms with van der Waals surface area (Å²) in [6.45, 7) is 6.09. The van der Waals surface area contributed by atoms with Gasteiger partial charge < -0.3 is 10.2 Å². The van der Waals surface area contributed by atoms with Crippen LogP contribution in [0.1, 0.15) is 32.3 Å². The second kappa shape index (κ2) is 8.72. The summed E-state index contributed by atoms with van der Waals surface area (Å²) < 4.78 is 0. The first-order valence-corrected chi connectivity index (χ1v) is 10.6. The van der Waals surface area contributed by atoms with Crippen molar-refractivity contribution in [3.05, 3.63) is 41.4 Å². The Bertz CT molecular complexity index is 670. The Morgan fingerprint density at radius 2 is 2.20 bits per heavy atom. The molecule has 0 bridgehead atoms. The van der Waals surface area contributed by atoms with E-state index in [1.807, 2.05) is 23.3 Å². The molecule has 1 aliphatic heterocycles. The van der Waals surface area contributed by atoms with Crippen LogP contribution in [0, 0.1) is 0 Å². The van der Waals surface area contributed by atoms with Crippen molar-refractivity contribution in [1.82, 2.24) is 10.3 Å². The lowest BCUT2D eigenvalue weighted by Crippen LogP contribution is -2.40. The summed E-state index contributed by atoms with van der Waals surface area (Å²) in [4.78, 5) is 20.3. The number of aromatic nitrogens is 1. The molecule has 0 spiro atoms. The van der Waals surface area contributed by atoms with Gasteiger partial charge in [0.2, 0.25) is 5.91 Å². The lowest BCUT2D eigenvalue weighted by molar-refractivity contribution is -0.120. The molecule has 1 aliphatic rings. The zero-order chi connectivity index (χ0) is 17.6. The summed E-state index contributed by atoms with van der Waals surface area (Å²) >= 11 is 3.51. The van der Waals surface area contributed by atoms with Gasteiger partial charge in [0.15, 0.2) is 5.13 Å². The fraction of sp³-hybridized carbons (Fsp3) is 0.474. The van der Waals surface area contributed by atoms with Crippen LogP contribution in [-0.4, -0.2) is 35.3 Å². The van der Waals surface area contributed by atoms with Gasteiger partial charge in [-0.3, -0.25) is 4.79 Å². The van der Waals surface area contributed by atoms with Crippen LogP contribution in [0.2, 0.25) is 0 Å². The van der Waals surface area contributed by atoms with Crippen molar-refractivity contribution >= 4 is 34.1 Å². The highest BCUT2D eigenvalue weighted by Gasteiger charge is 2.26. The summed E-state index contributed by atoms with van der Waals surface area (Å²) in [5.41, 5.74) is 1.06. The van der Waals surface area contributed by atoms with Gasteiger partial charge in [-0.05, 0) is 30.5 Å². The van der Waals surface area contributed by atoms with Gasteiger partial charge in [0.1, 0.15) is 0 Å². The zero-order valence-corrected chi connectivity index (χ0v) is 16.4. The number of thioether (sulfide) groups is 1. The molecule has 1 N–H and O–H groups in total. The molecule has 0 saturated carbocycles. The van der Waals surface area contributed by atoms with E-state index in [0.29, 0.717) is 24.3 Å². The van der Waals surface area contributed by atoms with Crippen molar-refractivity contribution in [2.24, 2.45) is 0 Å². The van der Waals surface area contributed by atoms with Crippen molar-refractivity contribution in [3.63, 3.8) is 0 Å². The maximum absolute atomic E-state index is 12.3. The summed E-state index contributed by atoms with van der Waals surface area (Å²) in [7, 11) is 0. The maximum Gasteiger partial charge on any atom is 0.224 e. The minimum Gasteiger partial charge on any atom is -0.354 e. The Morgan fingerprint density at radius 3 is 2.88 bits per heavy atom. The monoisotopic (exact) mass is 375 g/mol. The molecule has 0 unspecified atom stereocenters. The van der Waals surface area contributed by atoms with Gasteiger partial charge in [-0.15, -0.1) is 23.1 Å². The number of anilines is 1. The van der Waals surface area contributed by atoms with Crippen molar-refractivity contribution in [3.8, 4) is 0 Å². The van der Waals surface area contributed by atoms with Crippen LogP contribution in [-0.2, 0) is 11.2 Å². The molecule has 3 rings (SSSR count). The molecule has 0 aliphatic carbocycles. The molecular weight excluding hydrogens is 350 g/mol. The van der Waals surface area contributed by atoms with Gasteiger partial charge in [-0.1, -0.05) is 26.0 Å². The van der Waals surface area contributed by atoms with Gasteiger partial charge in [0.05, 0.1) is 6.42 Å². The van der Waals surface area contributed by atoms with Crippen LogP contribution >= 0.6 is 23.1 Å². The first kappa shape index (κ1) is 18.3. The molecule has 1 amide bonds. The van der Waals surface area contributed by atoms with E-state index in [1.165, 1.54) is 4.90 Å². The van der Waals surface area contributed by atoms with E-state index < -0.39 is 0 Å². The van der Waals surface area contributed by atoms with Crippen LogP contribution in [0.4, 0.5) is 5.13 Å². The molecule has 6 heteroatoms. The molecule has 25 heavy (non-hydrogen) atoms. The molecule has 0 radical (unpaired) electrons. The van der Waals surface area contributed by atoms with Crippen molar-refractivity contribution < 1.29 is 4.79 Å². The summed E-state index contributed by atoms with van der Waals surface area (Å²) in [5.74, 6) is 0.0928. The van der Waals surface area contributed by atoms with E-state index in [1.54, 1.807) is 11.3 Å². The Hall–Kier alpha value is -1.53. The van der Waals surface area contributed by atoms with Crippen LogP contribution in [0.5, 0.6) is 0 Å². The third-order valence-corrected chi connectivity index (χ3v) is 6.06. The number of hydrogen-bond acceptors (Lipinski definition) is 5. The van der Waals surface area contributed by atoms with Crippen LogP contribution < -0.4 is 10.2 Å². The number of hydrogen-bond donors (Lipinski definition) is 1. The van der Waals surface area contributed by atoms with Crippen molar-refractivity contribution in [1.29, 1.82) is 0 Å². The smallest absolute Gasteiger partial charge is 0.224 e. The molecule has 1 atom stereocenters. The Balaban J connectivity index is 1.48. The lowest BCUT2D eigenvalue weighted by Gasteiger charge is -2.24. The minimum atomic E-state index is 0.0928. The van der Waals surface area contributed by atoms with E-state index >= 15 is 0 Å². The Kier molecular flexibility index (Phi) is 6.37. The molecule has 1 aromatic carbocycles. The summed E-state index contributed by atoms with van der Waals surface area (Å²) in [6, 6.07) is 8.69. The van der Waals surface area contributed by atoms with Crippen molar-refractivity contribution in [2.75, 3.05) is 18.0 Å². The van der Waals surface area contributed by atoms with Gasteiger partial charge in [-0.25, -0.2) is 4.98 Å². The second-order valence-corrected chi connectivity index (χ2v) is 9.12. The van der Waals surface area contributed by atoms with Crippen LogP contribution in [0.15, 0.2) is 40.7 Å². The first-order valence-electron chi connectivity index (χ1n) is 8.80. The SMILES string of the molecule is CC(C)Sc1ccc(CC(=O)NC[C@@H]2CCCN2c2nccs2)cc1. The second-order valence-electron chi connectivity index (χ2n) is 6.60. The van der Waals surface area contributed by atoms with Gasteiger partial charge in [-0.2, -0.15) is 0 Å². The van der Waals surface area contributed by atoms with Crippen LogP contribution in [0.25, 0.3) is 0 Å². The number of carbonyl (C=O) groups is 1. The highest BCUT2D eigenvalue weighted by atomic mass is 32.2. The maximum atomic E-state index is 12.3. The standard InChI is InChI=1S/C19H25N3OS2/c1-14(2)25-17-7-5-15(6-8-17)12-18(23)21-13-16-4-3-10-22(16)19-20-9-11-24-19/h5-9,11,14,16H,3-4,10,12-13H2,1-2H3,(H,21,23)/t16-/m0/s1. The number of rotatable bonds is 7. The third kappa shape index (κ3) is 5.22. The lowest BCUT2D eigenvalue weighted by atomic mass is 10.1. The zero-order valence-electron chi connectivity index (χ0n) is 14.8. The van der Waals surface area contributed by atoms with Crippen LogP contribution in [0.3, 0.4) is 0 Å². The number of nitrogens with one attached hydrogen (secondary N) is 1. The minimum absolute atomic E-state index is 0.0928. The largest absolute Gasteiger partial charge is 0.354 e. The van der Waals surface area contributed by atoms with E-state index in [2.05, 4.69) is 53.3 Å². The summed E-state index contributed by atoms with van der Waals surface area (Å²) in [6.07, 6.45) is 4.56. The fourth-order valence-corrected chi connectivity index (χ4v) is 4.67. The van der Waals surface area contributed by atoms with E-state index in [-0.39, 0.29) is 5.91 Å². The van der Waals surface area contributed by atoms with E-state index in [0.717, 1.165) is 30.1 Å². The highest BCUT2D eigenvalue weighted by molar-refractivity contribution is 7.99. The Labute approximate surface area is 158 Å². The Morgan fingerprint density at radius 1 is 1.40 bits per heavy atom. The van der Waals surface area contributed by atoms with E-state index in [9.17, 15) is 4.79 Å². The number of carbonyl (C=O) groups excluding carboxylic acids is 1. The molecule has 4 nitrogen and oxygen atoms in total. The predicted octanol–water partition coefficient (Wildman–Crippen LogP) is 3.97. The van der Waals surface area contributed by atoms with Crippen molar-refractivity contribution in [2.45, 2.75) is 49.3 Å². The van der Waals surface area contributed by atoms with Gasteiger partial charge in [0.25, 0.3) is 0 Å². The predicted molar refractivity (Wildman–Crippen MR) is 107 cm³/mol. The molecule has 134 valence electrons. The molecule has 1 aromatic heterocycles. The van der Waals surface area contributed by atoms with Gasteiger partial charge >= 0.3 is 0 Å². The number of amides is 1. The normalized spacial score (nSPS) is 17.2. The average molecular weight is 376 g/mol. The topological polar surface area (TPSA) is 45.2 Å². The third-order valence-electron chi connectivity index (χ3n) is 4.24. The molecule has 2 heterocycles. The number of thiazole rings is 1. The molecule has 2 aromatic rings. The van der Waals surface area contributed by atoms with E-state index in [4.69, 9.17) is 0 Å². The molecule has 1 saturated heterocycles.